The molecule has 0 spiro atoms. The van der Waals surface area contributed by atoms with E-state index in [4.69, 9.17) is 9.84 Å². The minimum Gasteiger partial charge on any atom is -0.481 e. The molecular weight excluding hydrogens is 208 g/mol. The molecule has 1 aromatic rings. The summed E-state index contributed by atoms with van der Waals surface area (Å²) in [6, 6.07) is 3.63. The van der Waals surface area contributed by atoms with Crippen molar-refractivity contribution >= 4 is 5.97 Å². The maximum absolute atomic E-state index is 11.0. The number of carbonyl (C=O) groups is 1. The zero-order valence-corrected chi connectivity index (χ0v) is 9.01. The van der Waals surface area contributed by atoms with E-state index in [1.165, 1.54) is 0 Å². The van der Waals surface area contributed by atoms with Crippen LogP contribution in [0.1, 0.15) is 11.5 Å². The number of hydrogen-bond donors (Lipinski definition) is 2. The Labute approximate surface area is 93.5 Å². The van der Waals surface area contributed by atoms with Gasteiger partial charge in [-0.15, -0.1) is 0 Å². The normalized spacial score (nSPS) is 24.3. The number of methoxy groups -OCH3 is 1. The number of ether oxygens (including phenoxy) is 1. The van der Waals surface area contributed by atoms with E-state index in [0.29, 0.717) is 19.0 Å². The molecule has 2 rings (SSSR count). The van der Waals surface area contributed by atoms with Crippen LogP contribution < -0.4 is 10.1 Å². The molecular formula is C11H14N2O3. The maximum atomic E-state index is 11.0. The summed E-state index contributed by atoms with van der Waals surface area (Å²) in [6.45, 7) is 1.21. The smallest absolute Gasteiger partial charge is 0.308 e. The third kappa shape index (κ3) is 1.99. The summed E-state index contributed by atoms with van der Waals surface area (Å²) >= 11 is 0. The molecule has 16 heavy (non-hydrogen) atoms. The quantitative estimate of drug-likeness (QED) is 0.778. The molecule has 0 unspecified atom stereocenters. The van der Waals surface area contributed by atoms with Crippen LogP contribution in [0.15, 0.2) is 18.3 Å². The van der Waals surface area contributed by atoms with Crippen LogP contribution in [-0.4, -0.2) is 36.3 Å². The van der Waals surface area contributed by atoms with Crippen LogP contribution in [0, 0.1) is 5.92 Å². The molecule has 2 N–H and O–H groups in total. The minimum atomic E-state index is -0.759. The lowest BCUT2D eigenvalue weighted by molar-refractivity contribution is -0.141. The van der Waals surface area contributed by atoms with Gasteiger partial charge in [0.25, 0.3) is 0 Å². The molecule has 5 nitrogen and oxygen atoms in total. The van der Waals surface area contributed by atoms with Crippen molar-refractivity contribution in [1.82, 2.24) is 10.3 Å². The van der Waals surface area contributed by atoms with Crippen LogP contribution in [0.3, 0.4) is 0 Å². The zero-order chi connectivity index (χ0) is 11.5. The Hall–Kier alpha value is -1.62. The molecule has 1 aromatic heterocycles. The number of carboxylic acids is 1. The summed E-state index contributed by atoms with van der Waals surface area (Å²) in [6.07, 6.45) is 1.69. The van der Waals surface area contributed by atoms with Crippen molar-refractivity contribution in [3.63, 3.8) is 0 Å². The fourth-order valence-electron chi connectivity index (χ4n) is 2.02. The average Bonchev–Trinajstić information content (AvgIpc) is 2.78. The molecule has 0 radical (unpaired) electrons. The molecule has 0 bridgehead atoms. The highest BCUT2D eigenvalue weighted by atomic mass is 16.5. The Balaban J connectivity index is 2.19. The fraction of sp³-hybridized carbons (Fsp3) is 0.455. The topological polar surface area (TPSA) is 71.5 Å². The standard InChI is InChI=1S/C11H14N2O3/c1-16-10-3-2-7(4-13-10)8-5-12-6-9(8)11(14)15/h2-4,8-9,12H,5-6H2,1H3,(H,14,15)/t8-,9+/m1/s1. The van der Waals surface area contributed by atoms with Gasteiger partial charge in [-0.2, -0.15) is 0 Å². The second kappa shape index (κ2) is 4.49. The largest absolute Gasteiger partial charge is 0.481 e. The van der Waals surface area contributed by atoms with Crippen LogP contribution in [0.5, 0.6) is 5.88 Å². The summed E-state index contributed by atoms with van der Waals surface area (Å²) in [5.74, 6) is -0.585. The highest BCUT2D eigenvalue weighted by Crippen LogP contribution is 2.28. The molecule has 0 aromatic carbocycles. The average molecular weight is 222 g/mol. The first kappa shape index (κ1) is 10.9. The highest BCUT2D eigenvalue weighted by Gasteiger charge is 2.33. The van der Waals surface area contributed by atoms with Gasteiger partial charge in [0.05, 0.1) is 13.0 Å². The minimum absolute atomic E-state index is 0.00379. The predicted molar refractivity (Wildman–Crippen MR) is 57.5 cm³/mol. The van der Waals surface area contributed by atoms with E-state index in [1.54, 1.807) is 19.4 Å². The van der Waals surface area contributed by atoms with Crippen molar-refractivity contribution in [2.75, 3.05) is 20.2 Å². The van der Waals surface area contributed by atoms with Gasteiger partial charge in [-0.1, -0.05) is 6.07 Å². The molecule has 0 amide bonds. The van der Waals surface area contributed by atoms with Gasteiger partial charge in [0, 0.05) is 31.3 Å². The van der Waals surface area contributed by atoms with E-state index in [0.717, 1.165) is 5.56 Å². The molecule has 1 aliphatic heterocycles. The number of nitrogens with zero attached hydrogens (tertiary/aromatic N) is 1. The molecule has 1 aliphatic rings. The van der Waals surface area contributed by atoms with Crippen LogP contribution >= 0.6 is 0 Å². The van der Waals surface area contributed by atoms with Crippen molar-refractivity contribution in [3.05, 3.63) is 23.9 Å². The van der Waals surface area contributed by atoms with Gasteiger partial charge in [0.2, 0.25) is 5.88 Å². The second-order valence-corrected chi connectivity index (χ2v) is 3.84. The second-order valence-electron chi connectivity index (χ2n) is 3.84. The van der Waals surface area contributed by atoms with Crippen molar-refractivity contribution in [3.8, 4) is 5.88 Å². The van der Waals surface area contributed by atoms with E-state index in [1.807, 2.05) is 6.07 Å². The van der Waals surface area contributed by atoms with Crippen molar-refractivity contribution in [1.29, 1.82) is 0 Å². The van der Waals surface area contributed by atoms with Crippen LogP contribution in [-0.2, 0) is 4.79 Å². The Morgan fingerprint density at radius 3 is 2.94 bits per heavy atom. The molecule has 0 aliphatic carbocycles. The summed E-state index contributed by atoms with van der Waals surface area (Å²) in [5.41, 5.74) is 0.943. The molecule has 1 saturated heterocycles. The summed E-state index contributed by atoms with van der Waals surface area (Å²) in [7, 11) is 1.55. The summed E-state index contributed by atoms with van der Waals surface area (Å²) in [5, 5.41) is 12.2. The lowest BCUT2D eigenvalue weighted by atomic mass is 9.90. The lowest BCUT2D eigenvalue weighted by Crippen LogP contribution is -2.21. The maximum Gasteiger partial charge on any atom is 0.308 e. The van der Waals surface area contributed by atoms with Gasteiger partial charge < -0.3 is 15.2 Å². The molecule has 0 saturated carbocycles. The van der Waals surface area contributed by atoms with Gasteiger partial charge in [-0.25, -0.2) is 4.98 Å². The van der Waals surface area contributed by atoms with Gasteiger partial charge >= 0.3 is 5.97 Å². The van der Waals surface area contributed by atoms with Gasteiger partial charge in [-0.3, -0.25) is 4.79 Å². The molecule has 5 heteroatoms. The third-order valence-electron chi connectivity index (χ3n) is 2.93. The van der Waals surface area contributed by atoms with Crippen molar-refractivity contribution < 1.29 is 14.6 Å². The summed E-state index contributed by atoms with van der Waals surface area (Å²) < 4.78 is 4.96. The Morgan fingerprint density at radius 2 is 2.38 bits per heavy atom. The van der Waals surface area contributed by atoms with Gasteiger partial charge in [0.1, 0.15) is 0 Å². The van der Waals surface area contributed by atoms with E-state index in [-0.39, 0.29) is 11.8 Å². The van der Waals surface area contributed by atoms with E-state index >= 15 is 0 Å². The van der Waals surface area contributed by atoms with Crippen LogP contribution in [0.25, 0.3) is 0 Å². The van der Waals surface area contributed by atoms with Gasteiger partial charge in [-0.05, 0) is 5.56 Å². The first-order valence-corrected chi connectivity index (χ1v) is 5.16. The molecule has 1 fully saturated rings. The number of aliphatic carboxylic acids is 1. The zero-order valence-electron chi connectivity index (χ0n) is 9.01. The highest BCUT2D eigenvalue weighted by molar-refractivity contribution is 5.72. The van der Waals surface area contributed by atoms with E-state index in [9.17, 15) is 4.79 Å². The molecule has 2 atom stereocenters. The Bertz CT molecular complexity index is 377. The van der Waals surface area contributed by atoms with Gasteiger partial charge in [0.15, 0.2) is 0 Å². The number of aromatic nitrogens is 1. The molecule has 86 valence electrons. The van der Waals surface area contributed by atoms with Crippen LogP contribution in [0.4, 0.5) is 0 Å². The number of hydrogen-bond acceptors (Lipinski definition) is 4. The van der Waals surface area contributed by atoms with E-state index < -0.39 is 5.97 Å². The SMILES string of the molecule is COc1ccc([C@H]2CNC[C@@H]2C(=O)O)cn1. The lowest BCUT2D eigenvalue weighted by Gasteiger charge is -2.14. The number of pyridine rings is 1. The van der Waals surface area contributed by atoms with Crippen molar-refractivity contribution in [2.24, 2.45) is 5.92 Å². The fourth-order valence-corrected chi connectivity index (χ4v) is 2.02. The number of nitrogens with one attached hydrogen (secondary N) is 1. The van der Waals surface area contributed by atoms with E-state index in [2.05, 4.69) is 10.3 Å². The first-order valence-electron chi connectivity index (χ1n) is 5.16. The Morgan fingerprint density at radius 1 is 1.56 bits per heavy atom. The molecule has 2 heterocycles. The third-order valence-corrected chi connectivity index (χ3v) is 2.93. The Kier molecular flexibility index (Phi) is 3.05. The monoisotopic (exact) mass is 222 g/mol. The first-order chi connectivity index (χ1) is 7.72. The van der Waals surface area contributed by atoms with Crippen LogP contribution in [0.2, 0.25) is 0 Å². The van der Waals surface area contributed by atoms with Crippen molar-refractivity contribution in [2.45, 2.75) is 5.92 Å². The number of carboxylic acid groups (broad SMARTS) is 1. The summed E-state index contributed by atoms with van der Waals surface area (Å²) in [4.78, 5) is 15.1. The number of rotatable bonds is 3. The predicted octanol–water partition coefficient (Wildman–Crippen LogP) is 0.478.